The molecular formula is C14H18N2OS. The summed E-state index contributed by atoms with van der Waals surface area (Å²) in [5.41, 5.74) is 1.91. The first-order valence-corrected chi connectivity index (χ1v) is 6.95. The second-order valence-corrected chi connectivity index (χ2v) is 6.13. The molecule has 0 N–H and O–H groups in total. The van der Waals surface area contributed by atoms with Crippen LogP contribution in [0, 0.1) is 19.8 Å². The van der Waals surface area contributed by atoms with E-state index in [4.69, 9.17) is 0 Å². The molecule has 0 saturated carbocycles. The third-order valence-corrected chi connectivity index (χ3v) is 3.95. The molecule has 0 aliphatic heterocycles. The van der Waals surface area contributed by atoms with Gasteiger partial charge in [0.25, 0.3) is 5.56 Å². The number of nitrogens with zero attached hydrogens (tertiary/aromatic N) is 2. The van der Waals surface area contributed by atoms with Gasteiger partial charge in [-0.25, -0.2) is 4.98 Å². The van der Waals surface area contributed by atoms with E-state index >= 15 is 0 Å². The molecule has 0 aliphatic rings. The third kappa shape index (κ3) is 2.53. The van der Waals surface area contributed by atoms with Crippen molar-refractivity contribution in [1.29, 1.82) is 0 Å². The zero-order chi connectivity index (χ0) is 13.3. The van der Waals surface area contributed by atoms with E-state index < -0.39 is 0 Å². The average Bonchev–Trinajstić information content (AvgIpc) is 2.61. The molecule has 0 unspecified atom stereocenters. The number of hydrogen-bond donors (Lipinski definition) is 0. The molecule has 2 heterocycles. The zero-order valence-electron chi connectivity index (χ0n) is 11.2. The van der Waals surface area contributed by atoms with E-state index in [9.17, 15) is 4.79 Å². The first-order chi connectivity index (χ1) is 8.49. The standard InChI is InChI=1S/C14H18N2OS/c1-9(2)8-12-6-5-7-16(13(12)17)14-15-10(3)11(4)18-14/h5-7,9H,8H2,1-4H3. The third-order valence-electron chi connectivity index (χ3n) is 2.88. The highest BCUT2D eigenvalue weighted by Gasteiger charge is 2.10. The Kier molecular flexibility index (Phi) is 3.66. The smallest absolute Gasteiger partial charge is 0.260 e. The summed E-state index contributed by atoms with van der Waals surface area (Å²) < 4.78 is 1.66. The van der Waals surface area contributed by atoms with Crippen LogP contribution in [0.3, 0.4) is 0 Å². The van der Waals surface area contributed by atoms with Gasteiger partial charge in [0.1, 0.15) is 0 Å². The molecule has 0 radical (unpaired) electrons. The molecule has 0 amide bonds. The van der Waals surface area contributed by atoms with Crippen molar-refractivity contribution in [2.24, 2.45) is 5.92 Å². The number of thiazole rings is 1. The minimum absolute atomic E-state index is 0.0555. The van der Waals surface area contributed by atoms with Crippen LogP contribution in [-0.2, 0) is 6.42 Å². The monoisotopic (exact) mass is 262 g/mol. The van der Waals surface area contributed by atoms with E-state index in [0.29, 0.717) is 5.92 Å². The maximum Gasteiger partial charge on any atom is 0.260 e. The van der Waals surface area contributed by atoms with Crippen molar-refractivity contribution < 1.29 is 0 Å². The van der Waals surface area contributed by atoms with E-state index in [1.54, 1.807) is 22.1 Å². The fraction of sp³-hybridized carbons (Fsp3) is 0.429. The molecule has 0 spiro atoms. The van der Waals surface area contributed by atoms with Crippen LogP contribution in [-0.4, -0.2) is 9.55 Å². The van der Waals surface area contributed by atoms with E-state index in [2.05, 4.69) is 18.8 Å². The lowest BCUT2D eigenvalue weighted by atomic mass is 10.0. The summed E-state index contributed by atoms with van der Waals surface area (Å²) in [7, 11) is 0. The van der Waals surface area contributed by atoms with Gasteiger partial charge < -0.3 is 0 Å². The fourth-order valence-corrected chi connectivity index (χ4v) is 2.74. The summed E-state index contributed by atoms with van der Waals surface area (Å²) in [5.74, 6) is 0.480. The number of pyridine rings is 1. The van der Waals surface area contributed by atoms with Crippen molar-refractivity contribution in [2.75, 3.05) is 0 Å². The van der Waals surface area contributed by atoms with Gasteiger partial charge in [-0.1, -0.05) is 19.9 Å². The molecule has 0 bridgehead atoms. The summed E-state index contributed by atoms with van der Waals surface area (Å²) in [6, 6.07) is 3.83. The zero-order valence-corrected chi connectivity index (χ0v) is 12.0. The Hall–Kier alpha value is -1.42. The number of rotatable bonds is 3. The summed E-state index contributed by atoms with van der Waals surface area (Å²) in [6.45, 7) is 8.24. The highest BCUT2D eigenvalue weighted by Crippen LogP contribution is 2.19. The normalized spacial score (nSPS) is 11.2. The summed E-state index contributed by atoms with van der Waals surface area (Å²) in [5, 5.41) is 0.764. The minimum atomic E-state index is 0.0555. The first kappa shape index (κ1) is 13.0. The van der Waals surface area contributed by atoms with Crippen LogP contribution < -0.4 is 5.56 Å². The van der Waals surface area contributed by atoms with Gasteiger partial charge in [-0.05, 0) is 32.3 Å². The molecule has 3 nitrogen and oxygen atoms in total. The Morgan fingerprint density at radius 3 is 2.67 bits per heavy atom. The molecule has 2 rings (SSSR count). The van der Waals surface area contributed by atoms with E-state index in [1.807, 2.05) is 26.0 Å². The Bertz CT molecular complexity index is 591. The van der Waals surface area contributed by atoms with Crippen molar-refractivity contribution in [2.45, 2.75) is 34.1 Å². The highest BCUT2D eigenvalue weighted by atomic mass is 32.1. The second-order valence-electron chi connectivity index (χ2n) is 4.94. The summed E-state index contributed by atoms with van der Waals surface area (Å²) in [6.07, 6.45) is 2.60. The molecule has 0 aromatic carbocycles. The Morgan fingerprint density at radius 2 is 2.11 bits per heavy atom. The number of aryl methyl sites for hydroxylation is 2. The molecular weight excluding hydrogens is 244 g/mol. The second kappa shape index (κ2) is 5.06. The molecule has 0 saturated heterocycles. The van der Waals surface area contributed by atoms with Crippen LogP contribution >= 0.6 is 11.3 Å². The fourth-order valence-electron chi connectivity index (χ4n) is 1.84. The van der Waals surface area contributed by atoms with Crippen molar-refractivity contribution in [1.82, 2.24) is 9.55 Å². The van der Waals surface area contributed by atoms with Crippen LogP contribution in [0.25, 0.3) is 5.13 Å². The lowest BCUT2D eigenvalue weighted by Gasteiger charge is -2.06. The molecule has 4 heteroatoms. The average molecular weight is 262 g/mol. The Balaban J connectivity index is 2.49. The predicted molar refractivity (Wildman–Crippen MR) is 75.7 cm³/mol. The molecule has 96 valence electrons. The van der Waals surface area contributed by atoms with Gasteiger partial charge >= 0.3 is 0 Å². The highest BCUT2D eigenvalue weighted by molar-refractivity contribution is 7.14. The summed E-state index contributed by atoms with van der Waals surface area (Å²) >= 11 is 1.56. The topological polar surface area (TPSA) is 34.9 Å². The summed E-state index contributed by atoms with van der Waals surface area (Å²) in [4.78, 5) is 18.0. The van der Waals surface area contributed by atoms with Crippen molar-refractivity contribution in [3.8, 4) is 5.13 Å². The largest absolute Gasteiger partial charge is 0.269 e. The van der Waals surface area contributed by atoms with Crippen LogP contribution in [0.15, 0.2) is 23.1 Å². The van der Waals surface area contributed by atoms with Gasteiger partial charge in [0.05, 0.1) is 5.69 Å². The maximum absolute atomic E-state index is 12.4. The van der Waals surface area contributed by atoms with Gasteiger partial charge in [-0.15, -0.1) is 11.3 Å². The van der Waals surface area contributed by atoms with E-state index in [0.717, 1.165) is 27.7 Å². The van der Waals surface area contributed by atoms with Gasteiger partial charge in [0.15, 0.2) is 5.13 Å². The van der Waals surface area contributed by atoms with Gasteiger partial charge in [-0.2, -0.15) is 0 Å². The lowest BCUT2D eigenvalue weighted by molar-refractivity contribution is 0.639. The van der Waals surface area contributed by atoms with Crippen molar-refractivity contribution in [3.05, 3.63) is 44.8 Å². The van der Waals surface area contributed by atoms with Gasteiger partial charge in [0.2, 0.25) is 0 Å². The van der Waals surface area contributed by atoms with E-state index in [-0.39, 0.29) is 5.56 Å². The number of aromatic nitrogens is 2. The molecule has 2 aromatic heterocycles. The SMILES string of the molecule is Cc1nc(-n2cccc(CC(C)C)c2=O)sc1C. The molecule has 0 aliphatic carbocycles. The molecule has 0 atom stereocenters. The molecule has 18 heavy (non-hydrogen) atoms. The predicted octanol–water partition coefficient (Wildman–Crippen LogP) is 3.11. The quantitative estimate of drug-likeness (QED) is 0.852. The number of hydrogen-bond acceptors (Lipinski definition) is 3. The van der Waals surface area contributed by atoms with Crippen LogP contribution in [0.4, 0.5) is 0 Å². The van der Waals surface area contributed by atoms with Gasteiger partial charge in [-0.3, -0.25) is 9.36 Å². The molecule has 2 aromatic rings. The van der Waals surface area contributed by atoms with Crippen molar-refractivity contribution >= 4 is 11.3 Å². The van der Waals surface area contributed by atoms with Gasteiger partial charge in [0, 0.05) is 16.6 Å². The maximum atomic E-state index is 12.4. The Labute approximate surface area is 111 Å². The van der Waals surface area contributed by atoms with Crippen LogP contribution in [0.5, 0.6) is 0 Å². The van der Waals surface area contributed by atoms with Crippen molar-refractivity contribution in [3.63, 3.8) is 0 Å². The van der Waals surface area contributed by atoms with E-state index in [1.165, 1.54) is 0 Å². The first-order valence-electron chi connectivity index (χ1n) is 6.14. The Morgan fingerprint density at radius 1 is 1.39 bits per heavy atom. The van der Waals surface area contributed by atoms with Crippen LogP contribution in [0.2, 0.25) is 0 Å². The minimum Gasteiger partial charge on any atom is -0.269 e. The molecule has 0 fully saturated rings. The lowest BCUT2D eigenvalue weighted by Crippen LogP contribution is -2.22. The van der Waals surface area contributed by atoms with Crippen LogP contribution in [0.1, 0.15) is 30.0 Å².